The first-order valence-electron chi connectivity index (χ1n) is 7.21. The molecule has 0 heterocycles. The molecule has 2 aromatic rings. The van der Waals surface area contributed by atoms with Gasteiger partial charge in [0.2, 0.25) is 6.10 Å². The quantitative estimate of drug-likeness (QED) is 0.413. The molecular weight excluding hydrogens is 384 g/mol. The van der Waals surface area contributed by atoms with Crippen LogP contribution in [-0.4, -0.2) is 28.9 Å². The molecule has 10 nitrogen and oxygen atoms in total. The number of nitro benzene ring substituents is 2. The second-order valence-corrected chi connectivity index (χ2v) is 5.49. The third-order valence-corrected chi connectivity index (χ3v) is 3.73. The molecule has 0 N–H and O–H groups in total. The van der Waals surface area contributed by atoms with Crippen molar-refractivity contribution in [3.8, 4) is 0 Å². The predicted octanol–water partition coefficient (Wildman–Crippen LogP) is 3.23. The first-order valence-corrected chi connectivity index (χ1v) is 7.59. The third kappa shape index (κ3) is 4.55. The van der Waals surface area contributed by atoms with E-state index in [-0.39, 0.29) is 10.6 Å². The van der Waals surface area contributed by atoms with Crippen LogP contribution in [0.5, 0.6) is 0 Å². The van der Waals surface area contributed by atoms with Gasteiger partial charge < -0.3 is 9.47 Å². The van der Waals surface area contributed by atoms with Crippen molar-refractivity contribution >= 4 is 34.9 Å². The van der Waals surface area contributed by atoms with E-state index in [1.807, 2.05) is 0 Å². The van der Waals surface area contributed by atoms with Gasteiger partial charge in [0, 0.05) is 22.7 Å². The van der Waals surface area contributed by atoms with E-state index in [4.69, 9.17) is 16.3 Å². The summed E-state index contributed by atoms with van der Waals surface area (Å²) in [5.41, 5.74) is -1.71. The Morgan fingerprint density at radius 3 is 2.07 bits per heavy atom. The van der Waals surface area contributed by atoms with Crippen molar-refractivity contribution in [2.24, 2.45) is 0 Å². The molecular formula is C16H11ClN2O8. The van der Waals surface area contributed by atoms with E-state index in [0.717, 1.165) is 19.2 Å². The minimum Gasteiger partial charge on any atom is -0.466 e. The summed E-state index contributed by atoms with van der Waals surface area (Å²) in [6, 6.07) is 8.32. The van der Waals surface area contributed by atoms with Gasteiger partial charge in [-0.15, -0.1) is 0 Å². The maximum absolute atomic E-state index is 12.4. The number of halogens is 1. The van der Waals surface area contributed by atoms with Crippen LogP contribution in [0.4, 0.5) is 11.4 Å². The van der Waals surface area contributed by atoms with E-state index < -0.39 is 44.8 Å². The molecule has 2 aromatic carbocycles. The van der Waals surface area contributed by atoms with Gasteiger partial charge in [-0.05, 0) is 6.07 Å². The zero-order valence-electron chi connectivity index (χ0n) is 13.7. The average Bonchev–Trinajstić information content (AvgIpc) is 2.65. The number of rotatable bonds is 6. The van der Waals surface area contributed by atoms with E-state index in [1.54, 1.807) is 12.1 Å². The van der Waals surface area contributed by atoms with Crippen LogP contribution in [0.2, 0.25) is 5.02 Å². The highest BCUT2D eigenvalue weighted by atomic mass is 35.5. The van der Waals surface area contributed by atoms with Crippen molar-refractivity contribution in [2.75, 3.05) is 7.11 Å². The van der Waals surface area contributed by atoms with Crippen LogP contribution in [0.25, 0.3) is 0 Å². The molecule has 11 heteroatoms. The van der Waals surface area contributed by atoms with Crippen molar-refractivity contribution in [3.63, 3.8) is 0 Å². The fourth-order valence-electron chi connectivity index (χ4n) is 2.13. The molecule has 0 saturated carbocycles. The van der Waals surface area contributed by atoms with E-state index in [2.05, 4.69) is 4.74 Å². The smallest absolute Gasteiger partial charge is 0.352 e. The Morgan fingerprint density at radius 2 is 1.59 bits per heavy atom. The summed E-state index contributed by atoms with van der Waals surface area (Å²) >= 11 is 6.01. The number of nitro groups is 2. The van der Waals surface area contributed by atoms with Crippen LogP contribution in [-0.2, 0) is 14.3 Å². The number of hydrogen-bond donors (Lipinski definition) is 0. The fourth-order valence-corrected chi connectivity index (χ4v) is 2.37. The number of methoxy groups -OCH3 is 1. The summed E-state index contributed by atoms with van der Waals surface area (Å²) in [5, 5.41) is 22.0. The molecule has 27 heavy (non-hydrogen) atoms. The van der Waals surface area contributed by atoms with Crippen LogP contribution in [0.1, 0.15) is 22.0 Å². The minimum atomic E-state index is -1.56. The van der Waals surface area contributed by atoms with Crippen LogP contribution >= 0.6 is 11.6 Å². The van der Waals surface area contributed by atoms with Gasteiger partial charge in [-0.2, -0.15) is 0 Å². The normalized spacial score (nSPS) is 11.3. The molecule has 0 aliphatic rings. The number of hydrogen-bond acceptors (Lipinski definition) is 8. The lowest BCUT2D eigenvalue weighted by Gasteiger charge is -2.17. The summed E-state index contributed by atoms with van der Waals surface area (Å²) < 4.78 is 9.67. The summed E-state index contributed by atoms with van der Waals surface area (Å²) in [5.74, 6) is -2.14. The zero-order chi connectivity index (χ0) is 20.1. The Kier molecular flexibility index (Phi) is 6.03. The van der Waals surface area contributed by atoms with E-state index in [0.29, 0.717) is 6.07 Å². The highest BCUT2D eigenvalue weighted by molar-refractivity contribution is 6.31. The Balaban J connectivity index is 2.43. The van der Waals surface area contributed by atoms with Gasteiger partial charge in [-0.25, -0.2) is 9.59 Å². The molecule has 0 radical (unpaired) electrons. The van der Waals surface area contributed by atoms with Crippen LogP contribution in [0.15, 0.2) is 42.5 Å². The molecule has 0 spiro atoms. The first kappa shape index (κ1) is 19.8. The van der Waals surface area contributed by atoms with E-state index in [9.17, 15) is 29.8 Å². The Morgan fingerprint density at radius 1 is 1.04 bits per heavy atom. The lowest BCUT2D eigenvalue weighted by Crippen LogP contribution is -2.21. The monoisotopic (exact) mass is 394 g/mol. The van der Waals surface area contributed by atoms with Gasteiger partial charge >= 0.3 is 11.9 Å². The molecule has 0 aromatic heterocycles. The van der Waals surface area contributed by atoms with Gasteiger partial charge in [-0.1, -0.05) is 29.8 Å². The van der Waals surface area contributed by atoms with Crippen molar-refractivity contribution in [2.45, 2.75) is 6.10 Å². The van der Waals surface area contributed by atoms with Crippen molar-refractivity contribution in [1.82, 2.24) is 0 Å². The average molecular weight is 395 g/mol. The zero-order valence-corrected chi connectivity index (χ0v) is 14.4. The Hall–Kier alpha value is -3.53. The van der Waals surface area contributed by atoms with Crippen molar-refractivity contribution in [1.29, 1.82) is 0 Å². The van der Waals surface area contributed by atoms with Gasteiger partial charge in [0.05, 0.1) is 28.6 Å². The number of ether oxygens (including phenoxy) is 2. The summed E-state index contributed by atoms with van der Waals surface area (Å²) in [6.45, 7) is 0. The number of esters is 2. The molecule has 1 atom stereocenters. The maximum atomic E-state index is 12.4. The third-order valence-electron chi connectivity index (χ3n) is 3.39. The summed E-state index contributed by atoms with van der Waals surface area (Å²) in [4.78, 5) is 44.5. The molecule has 0 saturated heterocycles. The number of benzene rings is 2. The number of non-ortho nitro benzene ring substituents is 2. The lowest BCUT2D eigenvalue weighted by atomic mass is 10.1. The maximum Gasteiger partial charge on any atom is 0.352 e. The molecule has 0 aliphatic heterocycles. The molecule has 0 amide bonds. The van der Waals surface area contributed by atoms with Crippen LogP contribution in [0.3, 0.4) is 0 Å². The van der Waals surface area contributed by atoms with Gasteiger partial charge in [0.1, 0.15) is 0 Å². The van der Waals surface area contributed by atoms with Gasteiger partial charge in [0.25, 0.3) is 11.4 Å². The van der Waals surface area contributed by atoms with E-state index in [1.165, 1.54) is 12.1 Å². The first-order chi connectivity index (χ1) is 12.7. The largest absolute Gasteiger partial charge is 0.466 e. The Bertz CT molecular complexity index is 898. The summed E-state index contributed by atoms with van der Waals surface area (Å²) in [7, 11) is 1.07. The van der Waals surface area contributed by atoms with Crippen molar-refractivity contribution < 1.29 is 28.9 Å². The number of nitrogens with zero attached hydrogens (tertiary/aromatic N) is 2. The van der Waals surface area contributed by atoms with Crippen LogP contribution in [0, 0.1) is 20.2 Å². The van der Waals surface area contributed by atoms with Gasteiger partial charge in [0.15, 0.2) is 0 Å². The molecule has 0 fully saturated rings. The molecule has 1 unspecified atom stereocenters. The predicted molar refractivity (Wildman–Crippen MR) is 91.4 cm³/mol. The summed E-state index contributed by atoms with van der Waals surface area (Å²) in [6.07, 6.45) is -1.56. The number of carbonyl (C=O) groups excluding carboxylic acids is 2. The number of carbonyl (C=O) groups is 2. The molecule has 0 aliphatic carbocycles. The minimum absolute atomic E-state index is 0.116. The molecule has 140 valence electrons. The highest BCUT2D eigenvalue weighted by Crippen LogP contribution is 2.29. The van der Waals surface area contributed by atoms with Crippen molar-refractivity contribution in [3.05, 3.63) is 78.8 Å². The second-order valence-electron chi connectivity index (χ2n) is 5.08. The SMILES string of the molecule is COC(=O)C(OC(=O)c1cc([N+](=O)[O-])cc([N+](=O)[O-])c1)c1ccccc1Cl. The molecule has 2 rings (SSSR count). The van der Waals surface area contributed by atoms with Crippen LogP contribution < -0.4 is 0 Å². The topological polar surface area (TPSA) is 139 Å². The fraction of sp³-hybridized carbons (Fsp3) is 0.125. The Labute approximate surface area is 156 Å². The molecule has 0 bridgehead atoms. The second kappa shape index (κ2) is 8.23. The highest BCUT2D eigenvalue weighted by Gasteiger charge is 2.30. The standard InChI is InChI=1S/C16H11ClN2O8/c1-26-16(21)14(12-4-2-3-5-13(12)17)27-15(20)9-6-10(18(22)23)8-11(7-9)19(24)25/h2-8,14H,1H3. The lowest BCUT2D eigenvalue weighted by molar-refractivity contribution is -0.394. The van der Waals surface area contributed by atoms with E-state index >= 15 is 0 Å². The van der Waals surface area contributed by atoms with Gasteiger partial charge in [-0.3, -0.25) is 20.2 Å².